The predicted octanol–water partition coefficient (Wildman–Crippen LogP) is 8.15. The summed E-state index contributed by atoms with van der Waals surface area (Å²) < 4.78 is 199. The van der Waals surface area contributed by atoms with Crippen molar-refractivity contribution in [2.45, 2.75) is 107 Å². The number of hydrogen-bond acceptors (Lipinski definition) is 10. The van der Waals surface area contributed by atoms with Gasteiger partial charge in [0.05, 0.1) is 44.7 Å². The second kappa shape index (κ2) is 18.3. The van der Waals surface area contributed by atoms with E-state index in [1.54, 1.807) is 0 Å². The lowest BCUT2D eigenvalue weighted by Gasteiger charge is -2.25. The highest BCUT2D eigenvalue weighted by Gasteiger charge is 2.68. The van der Waals surface area contributed by atoms with Gasteiger partial charge in [0, 0.05) is 40.6 Å². The third-order valence-electron chi connectivity index (χ3n) is 12.7. The number of rotatable bonds is 16. The number of alkyl halides is 8. The molecular formula is C44H45ClF10N8O6S2. The summed E-state index contributed by atoms with van der Waals surface area (Å²) in [6, 6.07) is 3.79. The van der Waals surface area contributed by atoms with Crippen LogP contribution in [-0.2, 0) is 67.5 Å². The highest BCUT2D eigenvalue weighted by Crippen LogP contribution is 2.68. The van der Waals surface area contributed by atoms with Gasteiger partial charge in [-0.2, -0.15) is 49.6 Å². The number of nitrogens with zero attached hydrogens (tertiary/aromatic N) is 6. The number of pyridine rings is 1. The van der Waals surface area contributed by atoms with Crippen molar-refractivity contribution < 1.29 is 70.3 Å². The number of nitrogens with two attached hydrogens (primary N) is 1. The smallest absolute Gasteiger partial charge is 0.346 e. The number of aryl methyl sites for hydroxylation is 1. The molecule has 2 aliphatic carbocycles. The van der Waals surface area contributed by atoms with Crippen molar-refractivity contribution in [3.63, 3.8) is 0 Å². The van der Waals surface area contributed by atoms with Crippen LogP contribution in [0.1, 0.15) is 86.4 Å². The number of benzene rings is 2. The highest BCUT2D eigenvalue weighted by molar-refractivity contribution is 7.93. The maximum Gasteiger partial charge on any atom is 0.435 e. The van der Waals surface area contributed by atoms with Gasteiger partial charge in [-0.1, -0.05) is 37.6 Å². The van der Waals surface area contributed by atoms with E-state index in [-0.39, 0.29) is 56.3 Å². The van der Waals surface area contributed by atoms with E-state index in [0.717, 1.165) is 30.5 Å². The Labute approximate surface area is 404 Å². The van der Waals surface area contributed by atoms with E-state index in [4.69, 9.17) is 22.3 Å². The van der Waals surface area contributed by atoms with Gasteiger partial charge in [-0.3, -0.25) is 23.9 Å². The number of amides is 2. The fourth-order valence-corrected chi connectivity index (χ4v) is 10.3. The number of carbonyl (C=O) groups excluding carboxylic acids is 2. The predicted molar refractivity (Wildman–Crippen MR) is 239 cm³/mol. The minimum atomic E-state index is -5.21. The summed E-state index contributed by atoms with van der Waals surface area (Å²) in [5, 5.41) is 8.88. The number of sulfonamides is 1. The van der Waals surface area contributed by atoms with Crippen LogP contribution in [0.4, 0.5) is 49.7 Å². The fraction of sp³-hybridized carbons (Fsp3) is 0.477. The van der Waals surface area contributed by atoms with Crippen molar-refractivity contribution in [3.8, 4) is 11.1 Å². The molecule has 5 aromatic rings. The molecule has 3 aromatic heterocycles. The second-order valence-corrected chi connectivity index (χ2v) is 23.6. The lowest BCUT2D eigenvalue weighted by molar-refractivity contribution is -0.143. The summed E-state index contributed by atoms with van der Waals surface area (Å²) in [6.45, 7) is 2.57. The monoisotopic (exact) mass is 1070 g/mol. The van der Waals surface area contributed by atoms with E-state index in [2.05, 4.69) is 15.5 Å². The number of aromatic nitrogens is 5. The molecule has 0 radical (unpaired) electrons. The van der Waals surface area contributed by atoms with E-state index < -0.39 is 154 Å². The van der Waals surface area contributed by atoms with Crippen molar-refractivity contribution in [2.24, 2.45) is 17.6 Å². The molecule has 7 rings (SSSR count). The molecule has 2 amide bonds. The average molecular weight is 1070 g/mol. The molecule has 3 heterocycles. The van der Waals surface area contributed by atoms with Gasteiger partial charge in [0.25, 0.3) is 11.8 Å². The van der Waals surface area contributed by atoms with Crippen molar-refractivity contribution >= 4 is 60.0 Å². The van der Waals surface area contributed by atoms with Crippen LogP contribution in [0.2, 0.25) is 5.02 Å². The van der Waals surface area contributed by atoms with Crippen LogP contribution in [0.5, 0.6) is 0 Å². The number of anilines is 1. The number of halogens is 11. The van der Waals surface area contributed by atoms with Gasteiger partial charge < -0.3 is 11.1 Å². The summed E-state index contributed by atoms with van der Waals surface area (Å²) >= 11 is 6.66. The Balaban J connectivity index is 1.47. The van der Waals surface area contributed by atoms with Gasteiger partial charge in [0.1, 0.15) is 30.4 Å². The standard InChI is InChI=1S/C44H45ClF10N8O6S2/c1-20(2)34(56)40(65)63(71(6,68)69)39-33-29(45)10-9-26(36(33)62(60-39)19-42(48,49)50)25-8-7-24(11-12-41(3,4)70(5,66)67)57-35(25)30(15-21-13-22(46)16-23(47)14-21)58-31(64)18-61-38-32(37(59-61)44(53,54)55)27-17-28(27)43(38,51)52/h7-10,13-14,16,20,27-28,30,34H,11-12,15,17-19,56H2,1-6H3,(H,58,64)/t27-,28?,30-,34-/m0/s1. The molecule has 27 heteroatoms. The third kappa shape index (κ3) is 10.6. The van der Waals surface area contributed by atoms with Crippen molar-refractivity contribution in [1.82, 2.24) is 29.9 Å². The van der Waals surface area contributed by atoms with Crippen molar-refractivity contribution in [2.75, 3.05) is 16.8 Å². The van der Waals surface area contributed by atoms with Crippen LogP contribution in [0.25, 0.3) is 22.0 Å². The van der Waals surface area contributed by atoms with Gasteiger partial charge in [-0.05, 0) is 81.2 Å². The maximum atomic E-state index is 15.6. The first kappa shape index (κ1) is 53.5. The van der Waals surface area contributed by atoms with Gasteiger partial charge >= 0.3 is 12.4 Å². The number of hydrogen-bond donors (Lipinski definition) is 2. The Hall–Kier alpha value is -5.34. The molecule has 2 aromatic carbocycles. The van der Waals surface area contributed by atoms with Gasteiger partial charge in [0.2, 0.25) is 15.9 Å². The molecule has 0 bridgehead atoms. The Morgan fingerprint density at radius 2 is 1.56 bits per heavy atom. The van der Waals surface area contributed by atoms with Gasteiger partial charge in [-0.15, -0.1) is 0 Å². The summed E-state index contributed by atoms with van der Waals surface area (Å²) in [7, 11) is -8.49. The van der Waals surface area contributed by atoms with Crippen LogP contribution in [0.15, 0.2) is 42.5 Å². The molecule has 71 heavy (non-hydrogen) atoms. The Morgan fingerprint density at radius 1 is 0.944 bits per heavy atom. The minimum absolute atomic E-state index is 0.0648. The third-order valence-corrected chi connectivity index (χ3v) is 16.2. The topological polar surface area (TPSA) is 192 Å². The normalized spacial score (nSPS) is 17.8. The molecule has 2 aliphatic rings. The molecule has 3 N–H and O–H groups in total. The number of sulfone groups is 1. The lowest BCUT2D eigenvalue weighted by atomic mass is 9.93. The van der Waals surface area contributed by atoms with Crippen LogP contribution in [0, 0.1) is 23.5 Å². The molecule has 0 spiro atoms. The molecule has 4 atom stereocenters. The summed E-state index contributed by atoms with van der Waals surface area (Å²) in [5.74, 6) is -12.9. The highest BCUT2D eigenvalue weighted by atomic mass is 35.5. The zero-order valence-corrected chi connectivity index (χ0v) is 40.7. The number of carbonyl (C=O) groups is 2. The molecule has 1 fully saturated rings. The van der Waals surface area contributed by atoms with Crippen LogP contribution in [0.3, 0.4) is 0 Å². The zero-order chi connectivity index (χ0) is 52.9. The largest absolute Gasteiger partial charge is 0.435 e. The molecule has 1 unspecified atom stereocenters. The van der Waals surface area contributed by atoms with E-state index in [1.165, 1.54) is 39.8 Å². The van der Waals surface area contributed by atoms with E-state index in [9.17, 15) is 61.5 Å². The van der Waals surface area contributed by atoms with E-state index in [0.29, 0.717) is 17.0 Å². The van der Waals surface area contributed by atoms with Crippen molar-refractivity contribution in [3.05, 3.63) is 93.0 Å². The summed E-state index contributed by atoms with van der Waals surface area (Å²) in [4.78, 5) is 32.7. The van der Waals surface area contributed by atoms with Crippen molar-refractivity contribution in [1.29, 1.82) is 0 Å². The number of nitrogens with one attached hydrogen (secondary N) is 1. The lowest BCUT2D eigenvalue weighted by Crippen LogP contribution is -2.49. The van der Waals surface area contributed by atoms with Gasteiger partial charge in [-0.25, -0.2) is 25.6 Å². The molecule has 1 saturated carbocycles. The van der Waals surface area contributed by atoms with E-state index in [1.807, 2.05) is 0 Å². The second-order valence-electron chi connectivity index (χ2n) is 18.8. The summed E-state index contributed by atoms with van der Waals surface area (Å²) in [6.07, 6.45) is -9.91. The van der Waals surface area contributed by atoms with Crippen LogP contribution >= 0.6 is 11.6 Å². The summed E-state index contributed by atoms with van der Waals surface area (Å²) in [5.41, 5.74) is 0.971. The number of fused-ring (bicyclic) bond motifs is 4. The quantitative estimate of drug-likeness (QED) is 0.0912. The maximum absolute atomic E-state index is 15.6. The fourth-order valence-electron chi connectivity index (χ4n) is 8.66. The first-order valence-electron chi connectivity index (χ1n) is 21.6. The first-order valence-corrected chi connectivity index (χ1v) is 25.7. The Bertz CT molecular complexity index is 3170. The SMILES string of the molecule is CC(C)[C@H](N)C(=O)N(c1nn(CC(F)(F)F)c2c(-c3ccc(CCC(C)(C)S(C)(=O)=O)nc3[C@H](Cc3cc(F)cc(F)c3)NC(=O)Cn3nc(C(F)(F)F)c4c3C(F)(F)C3C[C@H]43)ccc(Cl)c12)S(C)(=O)=O. The Kier molecular flexibility index (Phi) is 13.8. The molecule has 14 nitrogen and oxygen atoms in total. The van der Waals surface area contributed by atoms with Crippen LogP contribution in [-0.4, -0.2) is 82.7 Å². The average Bonchev–Trinajstić information content (AvgIpc) is 3.73. The van der Waals surface area contributed by atoms with E-state index >= 15 is 8.78 Å². The molecule has 0 saturated heterocycles. The Morgan fingerprint density at radius 3 is 2.13 bits per heavy atom. The van der Waals surface area contributed by atoms with Crippen LogP contribution < -0.4 is 15.4 Å². The molecule has 386 valence electrons. The minimum Gasteiger partial charge on any atom is -0.346 e. The zero-order valence-electron chi connectivity index (χ0n) is 38.4. The molecule has 0 aliphatic heterocycles. The van der Waals surface area contributed by atoms with Gasteiger partial charge in [0.15, 0.2) is 21.3 Å². The molecular weight excluding hydrogens is 1030 g/mol. The first-order chi connectivity index (χ1) is 32.5.